The summed E-state index contributed by atoms with van der Waals surface area (Å²) in [6, 6.07) is 5.66. The van der Waals surface area contributed by atoms with Gasteiger partial charge in [-0.05, 0) is 17.7 Å². The average molecular weight is 208 g/mol. The second kappa shape index (κ2) is 3.95. The fourth-order valence-corrected chi connectivity index (χ4v) is 1.27. The third kappa shape index (κ3) is 2.22. The summed E-state index contributed by atoms with van der Waals surface area (Å²) in [7, 11) is 0. The van der Waals surface area contributed by atoms with Crippen molar-refractivity contribution in [3.63, 3.8) is 0 Å². The molecule has 1 aliphatic rings. The van der Waals surface area contributed by atoms with Crippen LogP contribution in [0.15, 0.2) is 23.3 Å². The second-order valence-electron chi connectivity index (χ2n) is 3.06. The van der Waals surface area contributed by atoms with E-state index < -0.39 is 0 Å². The first-order valence-electron chi connectivity index (χ1n) is 4.46. The highest BCUT2D eigenvalue weighted by atomic mass is 16.7. The van der Waals surface area contributed by atoms with Gasteiger partial charge in [0.2, 0.25) is 12.8 Å². The van der Waals surface area contributed by atoms with Gasteiger partial charge in [-0.1, -0.05) is 6.07 Å². The maximum atomic E-state index is 5.23. The molecule has 0 unspecified atom stereocenters. The van der Waals surface area contributed by atoms with Gasteiger partial charge in [-0.2, -0.15) is 0 Å². The van der Waals surface area contributed by atoms with Gasteiger partial charge in [0.1, 0.15) is 0 Å². The zero-order valence-corrected chi connectivity index (χ0v) is 8.06. The number of hydrogen-bond donors (Lipinski definition) is 3. The molecule has 80 valence electrons. The first-order chi connectivity index (χ1) is 7.25. The molecule has 1 aromatic rings. The highest BCUT2D eigenvalue weighted by Crippen LogP contribution is 2.32. The lowest BCUT2D eigenvalue weighted by atomic mass is 10.2. The maximum absolute atomic E-state index is 5.23. The van der Waals surface area contributed by atoms with Crippen LogP contribution >= 0.6 is 0 Å². The van der Waals surface area contributed by atoms with E-state index in [2.05, 4.69) is 10.5 Å². The lowest BCUT2D eigenvalue weighted by Crippen LogP contribution is -2.26. The lowest BCUT2D eigenvalue weighted by Gasteiger charge is -2.02. The predicted molar refractivity (Wildman–Crippen MR) is 55.2 cm³/mol. The van der Waals surface area contributed by atoms with Crippen LogP contribution in [0, 0.1) is 0 Å². The van der Waals surface area contributed by atoms with Crippen molar-refractivity contribution >= 4 is 5.96 Å². The van der Waals surface area contributed by atoms with Gasteiger partial charge in [0.25, 0.3) is 0 Å². The minimum atomic E-state index is 0.00995. The van der Waals surface area contributed by atoms with E-state index in [-0.39, 0.29) is 12.8 Å². The largest absolute Gasteiger partial charge is 0.454 e. The van der Waals surface area contributed by atoms with Gasteiger partial charge in [0.05, 0.1) is 6.54 Å². The van der Waals surface area contributed by atoms with Crippen LogP contribution in [0.1, 0.15) is 5.56 Å². The number of nitrogens with zero attached hydrogens (tertiary/aromatic N) is 1. The summed E-state index contributed by atoms with van der Waals surface area (Å²) in [5, 5.41) is 3.66. The Hall–Kier alpha value is -2.11. The molecule has 0 saturated heterocycles. The van der Waals surface area contributed by atoms with Crippen molar-refractivity contribution in [1.29, 1.82) is 0 Å². The standard InChI is InChI=1S/C9H12N4O2/c10-9(11)13-12-4-6-1-2-7-8(3-6)15-5-14-7/h1-3,12H,4-5H2,(H4,10,11,13). The number of nitrogens with two attached hydrogens (primary N) is 2. The van der Waals surface area contributed by atoms with Crippen LogP contribution < -0.4 is 26.4 Å². The van der Waals surface area contributed by atoms with Crippen LogP contribution in [0.5, 0.6) is 11.5 Å². The van der Waals surface area contributed by atoms with E-state index in [9.17, 15) is 0 Å². The van der Waals surface area contributed by atoms with E-state index in [1.54, 1.807) is 0 Å². The van der Waals surface area contributed by atoms with Gasteiger partial charge in [-0.3, -0.25) is 0 Å². The van der Waals surface area contributed by atoms with Crippen LogP contribution in [-0.2, 0) is 6.54 Å². The molecule has 0 atom stereocenters. The number of ether oxygens (including phenoxy) is 2. The molecule has 0 amide bonds. The zero-order chi connectivity index (χ0) is 10.7. The van der Waals surface area contributed by atoms with E-state index in [0.717, 1.165) is 17.1 Å². The Labute approximate surface area is 86.8 Å². The van der Waals surface area contributed by atoms with Crippen molar-refractivity contribution in [1.82, 2.24) is 5.43 Å². The molecule has 1 aromatic carbocycles. The van der Waals surface area contributed by atoms with Crippen molar-refractivity contribution in [2.24, 2.45) is 16.6 Å². The second-order valence-corrected chi connectivity index (χ2v) is 3.06. The summed E-state index contributed by atoms with van der Waals surface area (Å²) >= 11 is 0. The highest BCUT2D eigenvalue weighted by molar-refractivity contribution is 5.75. The summed E-state index contributed by atoms with van der Waals surface area (Å²) in [6.07, 6.45) is 0. The molecular formula is C9H12N4O2. The molecule has 0 fully saturated rings. The molecular weight excluding hydrogens is 196 g/mol. The van der Waals surface area contributed by atoms with E-state index in [0.29, 0.717) is 6.54 Å². The number of rotatable bonds is 3. The monoisotopic (exact) mass is 208 g/mol. The Kier molecular flexibility index (Phi) is 2.49. The highest BCUT2D eigenvalue weighted by Gasteiger charge is 2.12. The summed E-state index contributed by atoms with van der Waals surface area (Å²) < 4.78 is 10.4. The van der Waals surface area contributed by atoms with Gasteiger partial charge >= 0.3 is 0 Å². The summed E-state index contributed by atoms with van der Waals surface area (Å²) in [5.41, 5.74) is 14.1. The lowest BCUT2D eigenvalue weighted by molar-refractivity contribution is 0.174. The summed E-state index contributed by atoms with van der Waals surface area (Å²) in [6.45, 7) is 0.814. The number of hydrogen-bond acceptors (Lipinski definition) is 4. The van der Waals surface area contributed by atoms with E-state index >= 15 is 0 Å². The number of nitrogens with one attached hydrogen (secondary N) is 1. The van der Waals surface area contributed by atoms with Crippen LogP contribution in [-0.4, -0.2) is 12.8 Å². The molecule has 1 aliphatic heterocycles. The fourth-order valence-electron chi connectivity index (χ4n) is 1.27. The van der Waals surface area contributed by atoms with Crippen molar-refractivity contribution < 1.29 is 9.47 Å². The van der Waals surface area contributed by atoms with Crippen molar-refractivity contribution in [2.45, 2.75) is 6.54 Å². The van der Waals surface area contributed by atoms with Gasteiger partial charge < -0.3 is 26.4 Å². The average Bonchev–Trinajstić information content (AvgIpc) is 2.64. The Balaban J connectivity index is 2.01. The molecule has 0 aromatic heterocycles. The summed E-state index contributed by atoms with van der Waals surface area (Å²) in [4.78, 5) is 0. The Morgan fingerprint density at radius 1 is 1.33 bits per heavy atom. The first-order valence-corrected chi connectivity index (χ1v) is 4.46. The molecule has 2 rings (SSSR count). The van der Waals surface area contributed by atoms with Gasteiger partial charge in [-0.15, -0.1) is 5.10 Å². The molecule has 0 saturated carbocycles. The molecule has 6 heteroatoms. The van der Waals surface area contributed by atoms with E-state index in [1.807, 2.05) is 18.2 Å². The van der Waals surface area contributed by atoms with Crippen LogP contribution in [0.2, 0.25) is 0 Å². The smallest absolute Gasteiger partial charge is 0.231 e. The molecule has 15 heavy (non-hydrogen) atoms. The maximum Gasteiger partial charge on any atom is 0.231 e. The Morgan fingerprint density at radius 3 is 2.93 bits per heavy atom. The Morgan fingerprint density at radius 2 is 2.13 bits per heavy atom. The third-order valence-corrected chi connectivity index (χ3v) is 1.93. The molecule has 1 heterocycles. The van der Waals surface area contributed by atoms with E-state index in [4.69, 9.17) is 20.9 Å². The molecule has 6 nitrogen and oxygen atoms in total. The SMILES string of the molecule is NC(N)=NNCc1ccc2c(c1)OCO2. The molecule has 5 N–H and O–H groups in total. The minimum Gasteiger partial charge on any atom is -0.454 e. The zero-order valence-electron chi connectivity index (χ0n) is 8.06. The molecule has 0 bridgehead atoms. The van der Waals surface area contributed by atoms with Crippen molar-refractivity contribution in [2.75, 3.05) is 6.79 Å². The number of hydrazone groups is 1. The number of guanidine groups is 1. The topological polar surface area (TPSA) is 94.9 Å². The van der Waals surface area contributed by atoms with Gasteiger partial charge in [0, 0.05) is 0 Å². The predicted octanol–water partition coefficient (Wildman–Crippen LogP) is -0.307. The summed E-state index contributed by atoms with van der Waals surface area (Å²) in [5.74, 6) is 1.52. The fraction of sp³-hybridized carbons (Fsp3) is 0.222. The minimum absolute atomic E-state index is 0.00995. The molecule has 0 spiro atoms. The molecule has 0 aliphatic carbocycles. The quantitative estimate of drug-likeness (QED) is 0.360. The van der Waals surface area contributed by atoms with Crippen LogP contribution in [0.25, 0.3) is 0 Å². The normalized spacial score (nSPS) is 12.3. The molecule has 0 radical (unpaired) electrons. The van der Waals surface area contributed by atoms with Crippen LogP contribution in [0.3, 0.4) is 0 Å². The Bertz CT molecular complexity index is 388. The third-order valence-electron chi connectivity index (χ3n) is 1.93. The van der Waals surface area contributed by atoms with Crippen molar-refractivity contribution in [3.05, 3.63) is 23.8 Å². The number of benzene rings is 1. The van der Waals surface area contributed by atoms with Crippen molar-refractivity contribution in [3.8, 4) is 11.5 Å². The van der Waals surface area contributed by atoms with E-state index in [1.165, 1.54) is 0 Å². The van der Waals surface area contributed by atoms with Gasteiger partial charge in [-0.25, -0.2) is 0 Å². The van der Waals surface area contributed by atoms with Crippen LogP contribution in [0.4, 0.5) is 0 Å². The van der Waals surface area contributed by atoms with Gasteiger partial charge in [0.15, 0.2) is 11.5 Å². The number of fused-ring (bicyclic) bond motifs is 1. The first kappa shape index (κ1) is 9.45.